The molecule has 0 saturated heterocycles. The molecule has 104 valence electrons. The minimum absolute atomic E-state index is 0.0823. The molecule has 6 heteroatoms. The van der Waals surface area contributed by atoms with E-state index < -0.39 is 12.3 Å². The zero-order valence-electron chi connectivity index (χ0n) is 10.8. The third kappa shape index (κ3) is 8.40. The van der Waals surface area contributed by atoms with E-state index in [9.17, 15) is 13.2 Å². The number of ether oxygens (including phenoxy) is 1. The Bertz CT molecular complexity index is 184. The largest absolute Gasteiger partial charge is 0.414 e. The fourth-order valence-electron chi connectivity index (χ4n) is 1.30. The van der Waals surface area contributed by atoms with Crippen LogP contribution in [0.3, 0.4) is 0 Å². The summed E-state index contributed by atoms with van der Waals surface area (Å²) in [5.41, 5.74) is 0. The Morgan fingerprint density at radius 2 is 1.76 bits per heavy atom. The Hall–Kier alpha value is -0.330. The zero-order chi connectivity index (χ0) is 13.3. The van der Waals surface area contributed by atoms with Crippen LogP contribution in [0, 0.1) is 0 Å². The van der Waals surface area contributed by atoms with Gasteiger partial charge < -0.3 is 15.0 Å². The van der Waals surface area contributed by atoms with Gasteiger partial charge in [-0.15, -0.1) is 0 Å². The van der Waals surface area contributed by atoms with Crippen LogP contribution in [0.1, 0.15) is 20.8 Å². The predicted molar refractivity (Wildman–Crippen MR) is 62.1 cm³/mol. The van der Waals surface area contributed by atoms with E-state index in [0.29, 0.717) is 6.54 Å². The number of nitrogens with zero attached hydrogens (tertiary/aromatic N) is 1. The molecule has 1 unspecified atom stereocenters. The standard InChI is InChI=1S/C11H23F3N2O/c1-4-16(5-2)8-6-15-7-9-17-10(3)11(12,13)14/h10,15H,4-9H2,1-3H3. The molecule has 0 aliphatic carbocycles. The summed E-state index contributed by atoms with van der Waals surface area (Å²) in [5.74, 6) is 0. The lowest BCUT2D eigenvalue weighted by Gasteiger charge is -2.19. The minimum atomic E-state index is -4.26. The lowest BCUT2D eigenvalue weighted by Crippen LogP contribution is -2.35. The third-order valence-corrected chi connectivity index (χ3v) is 2.61. The summed E-state index contributed by atoms with van der Waals surface area (Å²) in [7, 11) is 0. The number of nitrogens with one attached hydrogen (secondary N) is 1. The Labute approximate surface area is 101 Å². The van der Waals surface area contributed by atoms with Crippen molar-refractivity contribution >= 4 is 0 Å². The van der Waals surface area contributed by atoms with Crippen molar-refractivity contribution in [2.45, 2.75) is 33.1 Å². The van der Waals surface area contributed by atoms with Crippen LogP contribution < -0.4 is 5.32 Å². The molecule has 0 amide bonds. The van der Waals surface area contributed by atoms with Gasteiger partial charge in [0, 0.05) is 19.6 Å². The van der Waals surface area contributed by atoms with Gasteiger partial charge in [-0.05, 0) is 20.0 Å². The highest BCUT2D eigenvalue weighted by molar-refractivity contribution is 4.61. The molecular weight excluding hydrogens is 233 g/mol. The SMILES string of the molecule is CCN(CC)CCNCCOC(C)C(F)(F)F. The lowest BCUT2D eigenvalue weighted by molar-refractivity contribution is -0.213. The summed E-state index contributed by atoms with van der Waals surface area (Å²) in [4.78, 5) is 2.24. The second-order valence-electron chi connectivity index (χ2n) is 3.83. The Balaban J connectivity index is 3.41. The number of rotatable bonds is 9. The topological polar surface area (TPSA) is 24.5 Å². The number of halogens is 3. The fraction of sp³-hybridized carbons (Fsp3) is 1.00. The second-order valence-corrected chi connectivity index (χ2v) is 3.83. The van der Waals surface area contributed by atoms with E-state index >= 15 is 0 Å². The van der Waals surface area contributed by atoms with Gasteiger partial charge in [0.25, 0.3) is 0 Å². The summed E-state index contributed by atoms with van der Waals surface area (Å²) in [6.07, 6.45) is -5.95. The Kier molecular flexibility index (Phi) is 8.55. The Morgan fingerprint density at radius 1 is 1.18 bits per heavy atom. The predicted octanol–water partition coefficient (Wildman–Crippen LogP) is 1.89. The van der Waals surface area contributed by atoms with Gasteiger partial charge in [0.15, 0.2) is 6.10 Å². The van der Waals surface area contributed by atoms with Crippen LogP contribution in [0.4, 0.5) is 13.2 Å². The summed E-state index contributed by atoms with van der Waals surface area (Å²) in [6.45, 7) is 9.36. The molecule has 0 fully saturated rings. The first-order chi connectivity index (χ1) is 7.91. The first-order valence-corrected chi connectivity index (χ1v) is 6.03. The Morgan fingerprint density at radius 3 is 2.24 bits per heavy atom. The molecule has 0 aliphatic rings. The van der Waals surface area contributed by atoms with Gasteiger partial charge in [0.05, 0.1) is 6.61 Å². The van der Waals surface area contributed by atoms with Crippen LogP contribution in [0.5, 0.6) is 0 Å². The zero-order valence-corrected chi connectivity index (χ0v) is 10.8. The van der Waals surface area contributed by atoms with Crippen molar-refractivity contribution in [3.63, 3.8) is 0 Å². The van der Waals surface area contributed by atoms with Gasteiger partial charge in [-0.2, -0.15) is 13.2 Å². The molecule has 1 atom stereocenters. The maximum atomic E-state index is 12.1. The molecule has 0 aromatic heterocycles. The smallest absolute Gasteiger partial charge is 0.368 e. The molecule has 0 radical (unpaired) electrons. The van der Waals surface area contributed by atoms with Crippen LogP contribution in [-0.2, 0) is 4.74 Å². The van der Waals surface area contributed by atoms with Crippen molar-refractivity contribution in [3.8, 4) is 0 Å². The maximum absolute atomic E-state index is 12.1. The van der Waals surface area contributed by atoms with E-state index in [1.807, 2.05) is 0 Å². The average molecular weight is 256 g/mol. The highest BCUT2D eigenvalue weighted by Gasteiger charge is 2.36. The van der Waals surface area contributed by atoms with E-state index in [-0.39, 0.29) is 6.61 Å². The molecule has 0 aromatic carbocycles. The van der Waals surface area contributed by atoms with Crippen LogP contribution >= 0.6 is 0 Å². The summed E-state index contributed by atoms with van der Waals surface area (Å²) in [5, 5.41) is 3.06. The van der Waals surface area contributed by atoms with Crippen LogP contribution in [-0.4, -0.2) is 56.5 Å². The number of hydrogen-bond acceptors (Lipinski definition) is 3. The molecule has 0 rings (SSSR count). The average Bonchev–Trinajstić information content (AvgIpc) is 2.26. The van der Waals surface area contributed by atoms with E-state index in [1.165, 1.54) is 0 Å². The van der Waals surface area contributed by atoms with Crippen molar-refractivity contribution in [1.82, 2.24) is 10.2 Å². The van der Waals surface area contributed by atoms with E-state index in [1.54, 1.807) is 0 Å². The van der Waals surface area contributed by atoms with Gasteiger partial charge in [0.1, 0.15) is 0 Å². The fourth-order valence-corrected chi connectivity index (χ4v) is 1.30. The van der Waals surface area contributed by atoms with Gasteiger partial charge in [-0.3, -0.25) is 0 Å². The van der Waals surface area contributed by atoms with E-state index in [2.05, 4.69) is 28.8 Å². The molecule has 1 N–H and O–H groups in total. The molecule has 0 heterocycles. The van der Waals surface area contributed by atoms with Gasteiger partial charge in [0.2, 0.25) is 0 Å². The quantitative estimate of drug-likeness (QED) is 0.638. The number of alkyl halides is 3. The number of likely N-dealkylation sites (N-methyl/N-ethyl adjacent to an activating group) is 1. The minimum Gasteiger partial charge on any atom is -0.368 e. The molecule has 3 nitrogen and oxygen atoms in total. The molecular formula is C11H23F3N2O. The third-order valence-electron chi connectivity index (χ3n) is 2.61. The highest BCUT2D eigenvalue weighted by Crippen LogP contribution is 2.21. The maximum Gasteiger partial charge on any atom is 0.414 e. The molecule has 0 spiro atoms. The van der Waals surface area contributed by atoms with Crippen LogP contribution in [0.25, 0.3) is 0 Å². The number of hydrogen-bond donors (Lipinski definition) is 1. The van der Waals surface area contributed by atoms with Crippen molar-refractivity contribution in [3.05, 3.63) is 0 Å². The van der Waals surface area contributed by atoms with E-state index in [0.717, 1.165) is 33.1 Å². The monoisotopic (exact) mass is 256 g/mol. The lowest BCUT2D eigenvalue weighted by atomic mass is 10.4. The second kappa shape index (κ2) is 8.72. The van der Waals surface area contributed by atoms with Gasteiger partial charge in [-0.1, -0.05) is 13.8 Å². The van der Waals surface area contributed by atoms with Crippen LogP contribution in [0.15, 0.2) is 0 Å². The van der Waals surface area contributed by atoms with Gasteiger partial charge >= 0.3 is 6.18 Å². The van der Waals surface area contributed by atoms with Crippen molar-refractivity contribution in [1.29, 1.82) is 0 Å². The summed E-state index contributed by atoms with van der Waals surface area (Å²) < 4.78 is 40.9. The summed E-state index contributed by atoms with van der Waals surface area (Å²) >= 11 is 0. The van der Waals surface area contributed by atoms with Crippen molar-refractivity contribution in [2.75, 3.05) is 39.3 Å². The summed E-state index contributed by atoms with van der Waals surface area (Å²) in [6, 6.07) is 0. The molecule has 17 heavy (non-hydrogen) atoms. The first kappa shape index (κ1) is 16.7. The van der Waals surface area contributed by atoms with Gasteiger partial charge in [-0.25, -0.2) is 0 Å². The molecule has 0 bridgehead atoms. The van der Waals surface area contributed by atoms with E-state index in [4.69, 9.17) is 0 Å². The normalized spacial score (nSPS) is 14.3. The van der Waals surface area contributed by atoms with Crippen molar-refractivity contribution in [2.24, 2.45) is 0 Å². The molecule has 0 aliphatic heterocycles. The first-order valence-electron chi connectivity index (χ1n) is 6.03. The van der Waals surface area contributed by atoms with Crippen molar-refractivity contribution < 1.29 is 17.9 Å². The molecule has 0 saturated carbocycles. The van der Waals surface area contributed by atoms with Crippen LogP contribution in [0.2, 0.25) is 0 Å². The molecule has 0 aromatic rings. The highest BCUT2D eigenvalue weighted by atomic mass is 19.4.